The predicted molar refractivity (Wildman–Crippen MR) is 112 cm³/mol. The Morgan fingerprint density at radius 3 is 2.81 bits per heavy atom. The molecule has 0 aromatic heterocycles. The minimum absolute atomic E-state index is 0.0181. The number of urea groups is 1. The van der Waals surface area contributed by atoms with Gasteiger partial charge in [0.05, 0.1) is 0 Å². The zero-order chi connectivity index (χ0) is 18.4. The molecule has 1 N–H and O–H groups in total. The Labute approximate surface area is 161 Å². The topological polar surface area (TPSA) is 32.3 Å². The van der Waals surface area contributed by atoms with Gasteiger partial charge in [-0.3, -0.25) is 0 Å². The molecule has 2 amide bonds. The Morgan fingerprint density at radius 2 is 2.04 bits per heavy atom. The molecule has 3 rings (SSSR count). The van der Waals surface area contributed by atoms with Crippen molar-refractivity contribution in [3.05, 3.63) is 42.0 Å². The Balaban J connectivity index is 1.69. The number of fused-ring (bicyclic) bond motifs is 1. The van der Waals surface area contributed by atoms with E-state index in [0.717, 1.165) is 31.2 Å². The summed E-state index contributed by atoms with van der Waals surface area (Å²) in [5.41, 5.74) is 1.33. The molecule has 4 heteroatoms. The third-order valence-electron chi connectivity index (χ3n) is 5.14. The number of carbonyl (C=O) groups excluding carboxylic acids is 1. The molecule has 0 bridgehead atoms. The second-order valence-corrected chi connectivity index (χ2v) is 8.60. The first-order valence-electron chi connectivity index (χ1n) is 9.84. The fourth-order valence-corrected chi connectivity index (χ4v) is 4.85. The molecular weight excluding hydrogens is 340 g/mol. The number of hydrogen-bond donors (Lipinski definition) is 1. The first-order chi connectivity index (χ1) is 12.7. The van der Waals surface area contributed by atoms with Crippen molar-refractivity contribution in [2.24, 2.45) is 0 Å². The van der Waals surface area contributed by atoms with Crippen LogP contribution in [0, 0.1) is 0 Å². The molecule has 140 valence electrons. The van der Waals surface area contributed by atoms with Gasteiger partial charge in [-0.25, -0.2) is 4.79 Å². The lowest BCUT2D eigenvalue weighted by atomic mass is 10.0. The summed E-state index contributed by atoms with van der Waals surface area (Å²) in [6.45, 7) is 3.53. The maximum atomic E-state index is 12.0. The van der Waals surface area contributed by atoms with Crippen molar-refractivity contribution in [1.82, 2.24) is 10.2 Å². The van der Waals surface area contributed by atoms with Gasteiger partial charge in [-0.1, -0.05) is 44.0 Å². The third kappa shape index (κ3) is 4.94. The first-order valence-corrected chi connectivity index (χ1v) is 10.7. The van der Waals surface area contributed by atoms with Crippen molar-refractivity contribution in [3.63, 3.8) is 0 Å². The lowest BCUT2D eigenvalue weighted by Gasteiger charge is -2.18. The number of carbonyl (C=O) groups is 1. The van der Waals surface area contributed by atoms with Crippen LogP contribution in [0.3, 0.4) is 0 Å². The highest BCUT2D eigenvalue weighted by atomic mass is 32.2. The van der Waals surface area contributed by atoms with Crippen molar-refractivity contribution >= 4 is 28.6 Å². The molecule has 26 heavy (non-hydrogen) atoms. The van der Waals surface area contributed by atoms with Gasteiger partial charge in [0.15, 0.2) is 0 Å². The largest absolute Gasteiger partial charge is 0.338 e. The van der Waals surface area contributed by atoms with Crippen LogP contribution < -0.4 is 5.32 Å². The molecule has 0 aliphatic heterocycles. The van der Waals surface area contributed by atoms with Gasteiger partial charge in [-0.15, -0.1) is 11.8 Å². The van der Waals surface area contributed by atoms with Gasteiger partial charge in [-0.05, 0) is 54.2 Å². The Kier molecular flexibility index (Phi) is 6.84. The maximum Gasteiger partial charge on any atom is 0.317 e. The van der Waals surface area contributed by atoms with E-state index in [1.165, 1.54) is 46.9 Å². The van der Waals surface area contributed by atoms with Crippen LogP contribution in [-0.2, 0) is 6.42 Å². The van der Waals surface area contributed by atoms with Gasteiger partial charge in [-0.2, -0.15) is 0 Å². The fourth-order valence-electron chi connectivity index (χ4n) is 3.56. The van der Waals surface area contributed by atoms with Crippen LogP contribution in [0.25, 0.3) is 10.8 Å². The molecule has 0 atom stereocenters. The summed E-state index contributed by atoms with van der Waals surface area (Å²) in [7, 11) is 1.87. The molecule has 0 spiro atoms. The molecule has 0 heterocycles. The van der Waals surface area contributed by atoms with Gasteiger partial charge < -0.3 is 10.2 Å². The van der Waals surface area contributed by atoms with E-state index < -0.39 is 0 Å². The van der Waals surface area contributed by atoms with Gasteiger partial charge in [0.2, 0.25) is 0 Å². The van der Waals surface area contributed by atoms with E-state index in [1.54, 1.807) is 4.90 Å². The zero-order valence-electron chi connectivity index (χ0n) is 16.0. The molecule has 0 saturated heterocycles. The van der Waals surface area contributed by atoms with E-state index in [1.807, 2.05) is 18.8 Å². The minimum atomic E-state index is 0.0181. The number of nitrogens with one attached hydrogen (secondary N) is 1. The standard InChI is InChI=1S/C22H30N2OS/c1-3-14-23-22(25)24(2)15-13-18-8-6-7-17-11-12-20(16-21(17)18)26-19-9-4-5-10-19/h6-8,11-12,16,19H,3-5,9-10,13-15H2,1-2H3,(H,23,25). The molecule has 2 aromatic rings. The number of amides is 2. The van der Waals surface area contributed by atoms with Crippen molar-refractivity contribution in [3.8, 4) is 0 Å². The van der Waals surface area contributed by atoms with Crippen molar-refractivity contribution in [2.75, 3.05) is 20.1 Å². The average molecular weight is 371 g/mol. The molecule has 2 aromatic carbocycles. The van der Waals surface area contributed by atoms with E-state index in [4.69, 9.17) is 0 Å². The van der Waals surface area contributed by atoms with Crippen LogP contribution in [-0.4, -0.2) is 36.3 Å². The predicted octanol–water partition coefficient (Wildman–Crippen LogP) is 5.47. The lowest BCUT2D eigenvalue weighted by molar-refractivity contribution is 0.209. The smallest absolute Gasteiger partial charge is 0.317 e. The van der Waals surface area contributed by atoms with Gasteiger partial charge >= 0.3 is 6.03 Å². The minimum Gasteiger partial charge on any atom is -0.338 e. The van der Waals surface area contributed by atoms with Crippen molar-refractivity contribution < 1.29 is 4.79 Å². The second-order valence-electron chi connectivity index (χ2n) is 7.23. The second kappa shape index (κ2) is 9.31. The SMILES string of the molecule is CCCNC(=O)N(C)CCc1cccc2ccc(SC3CCCC3)cc12. The summed E-state index contributed by atoms with van der Waals surface area (Å²) < 4.78 is 0. The molecule has 1 aliphatic carbocycles. The molecule has 3 nitrogen and oxygen atoms in total. The quantitative estimate of drug-likeness (QED) is 0.701. The van der Waals surface area contributed by atoms with Crippen LogP contribution in [0.4, 0.5) is 4.79 Å². The summed E-state index contributed by atoms with van der Waals surface area (Å²) >= 11 is 2.04. The summed E-state index contributed by atoms with van der Waals surface area (Å²) in [5.74, 6) is 0. The van der Waals surface area contributed by atoms with E-state index in [9.17, 15) is 4.79 Å². The zero-order valence-corrected chi connectivity index (χ0v) is 16.8. The van der Waals surface area contributed by atoms with Crippen LogP contribution in [0.1, 0.15) is 44.6 Å². The maximum absolute atomic E-state index is 12.0. The number of hydrogen-bond acceptors (Lipinski definition) is 2. The summed E-state index contributed by atoms with van der Waals surface area (Å²) in [4.78, 5) is 15.2. The molecule has 0 radical (unpaired) electrons. The molecule has 0 unspecified atom stereocenters. The highest BCUT2D eigenvalue weighted by Crippen LogP contribution is 2.36. The van der Waals surface area contributed by atoms with Crippen LogP contribution in [0.5, 0.6) is 0 Å². The first kappa shape index (κ1) is 19.1. The van der Waals surface area contributed by atoms with Crippen LogP contribution >= 0.6 is 11.8 Å². The Bertz CT molecular complexity index is 740. The summed E-state index contributed by atoms with van der Waals surface area (Å²) in [6, 6.07) is 13.4. The van der Waals surface area contributed by atoms with Gasteiger partial charge in [0.25, 0.3) is 0 Å². The molecular formula is C22H30N2OS. The van der Waals surface area contributed by atoms with Crippen LogP contribution in [0.2, 0.25) is 0 Å². The molecule has 1 saturated carbocycles. The van der Waals surface area contributed by atoms with E-state index in [2.05, 4.69) is 48.6 Å². The number of thioether (sulfide) groups is 1. The number of benzene rings is 2. The van der Waals surface area contributed by atoms with Crippen molar-refractivity contribution in [2.45, 2.75) is 55.6 Å². The molecule has 1 aliphatic rings. The van der Waals surface area contributed by atoms with Gasteiger partial charge in [0.1, 0.15) is 0 Å². The van der Waals surface area contributed by atoms with E-state index in [0.29, 0.717) is 0 Å². The van der Waals surface area contributed by atoms with Crippen molar-refractivity contribution in [1.29, 1.82) is 0 Å². The number of likely N-dealkylation sites (N-methyl/N-ethyl adjacent to an activating group) is 1. The number of nitrogens with zero attached hydrogens (tertiary/aromatic N) is 1. The molecule has 1 fully saturated rings. The highest BCUT2D eigenvalue weighted by Gasteiger charge is 2.16. The summed E-state index contributed by atoms with van der Waals surface area (Å²) in [6.07, 6.45) is 7.30. The number of rotatable bonds is 7. The fraction of sp³-hybridized carbons (Fsp3) is 0.500. The summed E-state index contributed by atoms with van der Waals surface area (Å²) in [5, 5.41) is 6.34. The third-order valence-corrected chi connectivity index (χ3v) is 6.47. The van der Waals surface area contributed by atoms with Crippen LogP contribution in [0.15, 0.2) is 41.3 Å². The monoisotopic (exact) mass is 370 g/mol. The lowest BCUT2D eigenvalue weighted by Crippen LogP contribution is -2.38. The Hall–Kier alpha value is -1.68. The van der Waals surface area contributed by atoms with E-state index in [-0.39, 0.29) is 6.03 Å². The van der Waals surface area contributed by atoms with Gasteiger partial charge in [0, 0.05) is 30.3 Å². The Morgan fingerprint density at radius 1 is 1.23 bits per heavy atom. The van der Waals surface area contributed by atoms with E-state index >= 15 is 0 Å². The normalized spacial score (nSPS) is 14.7. The average Bonchev–Trinajstić information content (AvgIpc) is 3.17. The highest BCUT2D eigenvalue weighted by molar-refractivity contribution is 8.00.